The van der Waals surface area contributed by atoms with Crippen LogP contribution in [0.4, 0.5) is 5.69 Å². The van der Waals surface area contributed by atoms with Crippen molar-refractivity contribution in [3.8, 4) is 6.07 Å². The van der Waals surface area contributed by atoms with Gasteiger partial charge in [-0.05, 0) is 12.1 Å². The number of halogens is 1. The summed E-state index contributed by atoms with van der Waals surface area (Å²) in [6.07, 6.45) is 0. The number of benzene rings is 1. The molecule has 15 heavy (non-hydrogen) atoms. The molecule has 1 fully saturated rings. The lowest BCUT2D eigenvalue weighted by atomic mass is 9.87. The van der Waals surface area contributed by atoms with Gasteiger partial charge in [-0.3, -0.25) is 0 Å². The fraction of sp³-hybridized carbons (Fsp3) is 0.300. The van der Waals surface area contributed by atoms with Gasteiger partial charge in [0, 0.05) is 18.7 Å². The van der Waals surface area contributed by atoms with Gasteiger partial charge in [0.2, 0.25) is 0 Å². The van der Waals surface area contributed by atoms with Gasteiger partial charge in [-0.15, -0.1) is 0 Å². The third-order valence-corrected chi connectivity index (χ3v) is 2.99. The Morgan fingerprint density at radius 1 is 1.53 bits per heavy atom. The predicted molar refractivity (Wildman–Crippen MR) is 57.3 cm³/mol. The molecule has 0 saturated carbocycles. The van der Waals surface area contributed by atoms with E-state index in [0.29, 0.717) is 34.9 Å². The Balaban J connectivity index is 2.55. The maximum absolute atomic E-state index is 10.1. The highest BCUT2D eigenvalue weighted by atomic mass is 35.5. The zero-order chi connectivity index (χ0) is 11.1. The lowest BCUT2D eigenvalue weighted by Crippen LogP contribution is -2.56. The average molecular weight is 224 g/mol. The minimum Gasteiger partial charge on any atom is -0.397 e. The number of hydrogen-bond acceptors (Lipinski definition) is 4. The number of nitrogens with two attached hydrogens (primary N) is 1. The van der Waals surface area contributed by atoms with Crippen molar-refractivity contribution in [2.45, 2.75) is 5.60 Å². The zero-order valence-corrected chi connectivity index (χ0v) is 8.67. The van der Waals surface area contributed by atoms with Crippen molar-refractivity contribution in [2.75, 3.05) is 18.8 Å². The molecule has 2 rings (SSSR count). The molecule has 1 aromatic rings. The van der Waals surface area contributed by atoms with E-state index >= 15 is 0 Å². The van der Waals surface area contributed by atoms with Gasteiger partial charge in [-0.25, -0.2) is 0 Å². The topological polar surface area (TPSA) is 82.1 Å². The first-order valence-electron chi connectivity index (χ1n) is 4.49. The summed E-state index contributed by atoms with van der Waals surface area (Å²) >= 11 is 6.00. The fourth-order valence-electron chi connectivity index (χ4n) is 1.60. The highest BCUT2D eigenvalue weighted by Gasteiger charge is 2.38. The van der Waals surface area contributed by atoms with Crippen LogP contribution < -0.4 is 11.1 Å². The van der Waals surface area contributed by atoms with Crippen molar-refractivity contribution in [3.63, 3.8) is 0 Å². The number of rotatable bonds is 1. The molecule has 4 N–H and O–H groups in total. The molecule has 4 nitrogen and oxygen atoms in total. The summed E-state index contributed by atoms with van der Waals surface area (Å²) in [4.78, 5) is 0. The van der Waals surface area contributed by atoms with Crippen molar-refractivity contribution >= 4 is 17.3 Å². The third-order valence-electron chi connectivity index (χ3n) is 2.57. The highest BCUT2D eigenvalue weighted by molar-refractivity contribution is 6.34. The van der Waals surface area contributed by atoms with Crippen molar-refractivity contribution in [3.05, 3.63) is 28.3 Å². The molecule has 1 saturated heterocycles. The first-order chi connectivity index (χ1) is 7.07. The number of nitrogen functional groups attached to an aromatic ring is 1. The third kappa shape index (κ3) is 1.55. The normalized spacial score (nSPS) is 17.9. The second kappa shape index (κ2) is 3.38. The number of nitrogens with zero attached hydrogens (tertiary/aromatic N) is 1. The van der Waals surface area contributed by atoms with Crippen LogP contribution in [-0.4, -0.2) is 18.2 Å². The number of hydrogen-bond donors (Lipinski definition) is 3. The van der Waals surface area contributed by atoms with Crippen LogP contribution in [0.25, 0.3) is 0 Å². The van der Waals surface area contributed by atoms with E-state index in [1.165, 1.54) is 6.07 Å². The summed E-state index contributed by atoms with van der Waals surface area (Å²) < 4.78 is 0. The fourth-order valence-corrected chi connectivity index (χ4v) is 1.89. The summed E-state index contributed by atoms with van der Waals surface area (Å²) in [6, 6.07) is 5.07. The lowest BCUT2D eigenvalue weighted by Gasteiger charge is -2.38. The van der Waals surface area contributed by atoms with E-state index in [4.69, 9.17) is 22.6 Å². The van der Waals surface area contributed by atoms with E-state index in [9.17, 15) is 5.11 Å². The van der Waals surface area contributed by atoms with Crippen LogP contribution in [0, 0.1) is 11.3 Å². The Bertz CT molecular complexity index is 449. The average Bonchev–Trinajstić information content (AvgIpc) is 2.18. The summed E-state index contributed by atoms with van der Waals surface area (Å²) in [7, 11) is 0. The maximum atomic E-state index is 10.1. The lowest BCUT2D eigenvalue weighted by molar-refractivity contribution is -0.0145. The SMILES string of the molecule is N#Cc1cc(N)c(Cl)c(C2(O)CNC2)c1. The van der Waals surface area contributed by atoms with Gasteiger partial charge in [0.25, 0.3) is 0 Å². The van der Waals surface area contributed by atoms with Crippen LogP contribution in [0.3, 0.4) is 0 Å². The molecule has 0 unspecified atom stereocenters. The van der Waals surface area contributed by atoms with Crippen molar-refractivity contribution in [1.29, 1.82) is 5.26 Å². The van der Waals surface area contributed by atoms with E-state index < -0.39 is 5.60 Å². The second-order valence-corrected chi connectivity index (χ2v) is 4.05. The van der Waals surface area contributed by atoms with E-state index in [-0.39, 0.29) is 0 Å². The van der Waals surface area contributed by atoms with Gasteiger partial charge in [0.15, 0.2) is 0 Å². The Hall–Kier alpha value is -1.28. The summed E-state index contributed by atoms with van der Waals surface area (Å²) in [6.45, 7) is 0.863. The molecule has 0 amide bonds. The second-order valence-electron chi connectivity index (χ2n) is 3.67. The van der Waals surface area contributed by atoms with E-state index in [0.717, 1.165) is 0 Å². The van der Waals surface area contributed by atoms with E-state index in [1.54, 1.807) is 6.07 Å². The van der Waals surface area contributed by atoms with Gasteiger partial charge in [-0.2, -0.15) is 5.26 Å². The first kappa shape index (κ1) is 10.2. The standard InChI is InChI=1S/C10H10ClN3O/c11-9-7(10(15)4-14-5-10)1-6(3-12)2-8(9)13/h1-2,14-15H,4-5,13H2. The van der Waals surface area contributed by atoms with Crippen LogP contribution in [-0.2, 0) is 5.60 Å². The smallest absolute Gasteiger partial charge is 0.116 e. The molecule has 0 radical (unpaired) electrons. The minimum atomic E-state index is -0.988. The molecule has 1 aliphatic rings. The van der Waals surface area contributed by atoms with Crippen LogP contribution in [0.1, 0.15) is 11.1 Å². The first-order valence-corrected chi connectivity index (χ1v) is 4.87. The Morgan fingerprint density at radius 2 is 2.20 bits per heavy atom. The molecule has 0 atom stereocenters. The number of β-amino-alcohol motifs (C(OH)–C–C–N with tert-alkyl or cyclic N) is 1. The largest absolute Gasteiger partial charge is 0.397 e. The Labute approximate surface area is 92.3 Å². The van der Waals surface area contributed by atoms with Gasteiger partial charge in [-0.1, -0.05) is 11.6 Å². The Morgan fingerprint density at radius 3 is 2.67 bits per heavy atom. The van der Waals surface area contributed by atoms with Crippen molar-refractivity contribution in [2.24, 2.45) is 0 Å². The quantitative estimate of drug-likeness (QED) is 0.609. The van der Waals surface area contributed by atoms with Gasteiger partial charge in [0.05, 0.1) is 22.3 Å². The van der Waals surface area contributed by atoms with E-state index in [2.05, 4.69) is 5.32 Å². The van der Waals surface area contributed by atoms with Crippen molar-refractivity contribution in [1.82, 2.24) is 5.32 Å². The molecule has 1 aromatic carbocycles. The van der Waals surface area contributed by atoms with Gasteiger partial charge >= 0.3 is 0 Å². The molecule has 0 aliphatic carbocycles. The summed E-state index contributed by atoms with van der Waals surface area (Å²) in [5, 5.41) is 22.2. The number of nitrogens with one attached hydrogen (secondary N) is 1. The Kier molecular flexibility index (Phi) is 2.31. The number of anilines is 1. The molecular weight excluding hydrogens is 214 g/mol. The molecule has 5 heteroatoms. The van der Waals surface area contributed by atoms with Crippen LogP contribution in [0.2, 0.25) is 5.02 Å². The molecule has 78 valence electrons. The monoisotopic (exact) mass is 223 g/mol. The van der Waals surface area contributed by atoms with Crippen LogP contribution in [0.5, 0.6) is 0 Å². The zero-order valence-electron chi connectivity index (χ0n) is 7.92. The minimum absolute atomic E-state index is 0.325. The van der Waals surface area contributed by atoms with Gasteiger partial charge in [0.1, 0.15) is 5.60 Å². The molecule has 1 heterocycles. The summed E-state index contributed by atoms with van der Waals surface area (Å²) in [5.74, 6) is 0. The molecule has 0 spiro atoms. The predicted octanol–water partition coefficient (Wildman–Crippen LogP) is 0.585. The van der Waals surface area contributed by atoms with Crippen LogP contribution in [0.15, 0.2) is 12.1 Å². The molecular formula is C10H10ClN3O. The number of aliphatic hydroxyl groups is 1. The highest BCUT2D eigenvalue weighted by Crippen LogP contribution is 2.35. The maximum Gasteiger partial charge on any atom is 0.116 e. The van der Waals surface area contributed by atoms with Crippen LogP contribution >= 0.6 is 11.6 Å². The molecule has 0 aromatic heterocycles. The molecule has 0 bridgehead atoms. The van der Waals surface area contributed by atoms with E-state index in [1.807, 2.05) is 6.07 Å². The summed E-state index contributed by atoms with van der Waals surface area (Å²) in [5.41, 5.74) is 5.93. The van der Waals surface area contributed by atoms with Gasteiger partial charge < -0.3 is 16.2 Å². The van der Waals surface area contributed by atoms with Crippen molar-refractivity contribution < 1.29 is 5.11 Å². The number of nitriles is 1. The molecule has 1 aliphatic heterocycles.